The molecule has 19 heavy (non-hydrogen) atoms. The Bertz CT molecular complexity index is 585. The predicted molar refractivity (Wildman–Crippen MR) is 74.7 cm³/mol. The highest BCUT2D eigenvalue weighted by atomic mass is 32.1. The van der Waals surface area contributed by atoms with Gasteiger partial charge >= 0.3 is 0 Å². The number of nitrogens with zero attached hydrogens (tertiary/aromatic N) is 2. The molecule has 0 saturated heterocycles. The third-order valence-corrected chi connectivity index (χ3v) is 3.78. The molecule has 1 unspecified atom stereocenters. The zero-order valence-corrected chi connectivity index (χ0v) is 11.6. The minimum Gasteiger partial charge on any atom is -0.383 e. The summed E-state index contributed by atoms with van der Waals surface area (Å²) in [4.78, 5) is 15.0. The minimum absolute atomic E-state index is 0.0415. The van der Waals surface area contributed by atoms with Crippen molar-refractivity contribution in [3.05, 3.63) is 33.3 Å². The molecule has 0 spiro atoms. The molecule has 0 saturated carbocycles. The van der Waals surface area contributed by atoms with Gasteiger partial charge in [0.1, 0.15) is 0 Å². The second-order valence-corrected chi connectivity index (χ2v) is 5.06. The largest absolute Gasteiger partial charge is 0.383 e. The van der Waals surface area contributed by atoms with Crippen LogP contribution in [0.4, 0.5) is 5.69 Å². The molecule has 6 nitrogen and oxygen atoms in total. The van der Waals surface area contributed by atoms with Gasteiger partial charge in [-0.05, 0) is 19.5 Å². The molecule has 0 fully saturated rings. The standard InChI is InChI=1S/C12H15N3O3S/c1-13-9(6-18-2)5-8-3-4-10-11(14-7-19-10)12(8)15(16)17/h3-4,7,9,13H,5-6H2,1-2H3. The van der Waals surface area contributed by atoms with Gasteiger partial charge in [-0.25, -0.2) is 4.98 Å². The first-order chi connectivity index (χ1) is 9.17. The first-order valence-electron chi connectivity index (χ1n) is 5.83. The zero-order valence-electron chi connectivity index (χ0n) is 10.8. The number of nitro benzene ring substituents is 1. The van der Waals surface area contributed by atoms with Crippen LogP contribution in [-0.2, 0) is 11.2 Å². The summed E-state index contributed by atoms with van der Waals surface area (Å²) in [7, 11) is 3.43. The van der Waals surface area contributed by atoms with Gasteiger partial charge in [-0.2, -0.15) is 0 Å². The Morgan fingerprint density at radius 1 is 1.58 bits per heavy atom. The zero-order chi connectivity index (χ0) is 13.8. The van der Waals surface area contributed by atoms with Crippen molar-refractivity contribution < 1.29 is 9.66 Å². The van der Waals surface area contributed by atoms with E-state index in [0.717, 1.165) is 4.70 Å². The molecular formula is C12H15N3O3S. The molecule has 1 aromatic heterocycles. The molecule has 0 aliphatic carbocycles. The van der Waals surface area contributed by atoms with Crippen LogP contribution in [0.2, 0.25) is 0 Å². The Morgan fingerprint density at radius 3 is 3.00 bits per heavy atom. The molecule has 1 aromatic carbocycles. The van der Waals surface area contributed by atoms with Crippen LogP contribution >= 0.6 is 11.3 Å². The van der Waals surface area contributed by atoms with E-state index in [1.54, 1.807) is 18.7 Å². The molecule has 0 radical (unpaired) electrons. The number of nitro groups is 1. The average Bonchev–Trinajstić information content (AvgIpc) is 2.85. The van der Waals surface area contributed by atoms with Gasteiger partial charge in [0.2, 0.25) is 0 Å². The maximum atomic E-state index is 11.3. The quantitative estimate of drug-likeness (QED) is 0.647. The fourth-order valence-electron chi connectivity index (χ4n) is 2.04. The molecule has 0 aliphatic rings. The second kappa shape index (κ2) is 6.05. The molecule has 0 amide bonds. The minimum atomic E-state index is -0.350. The molecule has 0 bridgehead atoms. The van der Waals surface area contributed by atoms with Gasteiger partial charge in [-0.15, -0.1) is 11.3 Å². The van der Waals surface area contributed by atoms with Crippen LogP contribution in [0.1, 0.15) is 5.56 Å². The number of rotatable bonds is 6. The van der Waals surface area contributed by atoms with Crippen molar-refractivity contribution in [2.45, 2.75) is 12.5 Å². The Kier molecular flexibility index (Phi) is 4.41. The Morgan fingerprint density at radius 2 is 2.37 bits per heavy atom. The van der Waals surface area contributed by atoms with E-state index in [0.29, 0.717) is 24.1 Å². The molecule has 2 rings (SSSR count). The van der Waals surface area contributed by atoms with Crippen LogP contribution in [0.3, 0.4) is 0 Å². The molecule has 2 aromatic rings. The topological polar surface area (TPSA) is 77.3 Å². The highest BCUT2D eigenvalue weighted by Gasteiger charge is 2.22. The lowest BCUT2D eigenvalue weighted by molar-refractivity contribution is -0.383. The number of thiazole rings is 1. The lowest BCUT2D eigenvalue weighted by Gasteiger charge is -2.15. The fraction of sp³-hybridized carbons (Fsp3) is 0.417. The van der Waals surface area contributed by atoms with Crippen molar-refractivity contribution in [3.63, 3.8) is 0 Å². The monoisotopic (exact) mass is 281 g/mol. The summed E-state index contributed by atoms with van der Waals surface area (Å²) in [6, 6.07) is 3.73. The highest BCUT2D eigenvalue weighted by molar-refractivity contribution is 7.16. The maximum Gasteiger partial charge on any atom is 0.299 e. The maximum absolute atomic E-state index is 11.3. The van der Waals surface area contributed by atoms with E-state index < -0.39 is 0 Å². The number of nitrogens with one attached hydrogen (secondary N) is 1. The van der Waals surface area contributed by atoms with Gasteiger partial charge in [0.05, 0.1) is 21.7 Å². The Balaban J connectivity index is 2.41. The molecule has 0 aliphatic heterocycles. The van der Waals surface area contributed by atoms with E-state index in [-0.39, 0.29) is 16.7 Å². The van der Waals surface area contributed by atoms with Crippen molar-refractivity contribution in [3.8, 4) is 0 Å². The van der Waals surface area contributed by atoms with E-state index in [1.807, 2.05) is 13.1 Å². The van der Waals surface area contributed by atoms with Gasteiger partial charge in [0.15, 0.2) is 5.52 Å². The van der Waals surface area contributed by atoms with Crippen LogP contribution in [0.25, 0.3) is 10.2 Å². The number of fused-ring (bicyclic) bond motifs is 1. The van der Waals surface area contributed by atoms with Gasteiger partial charge in [-0.3, -0.25) is 10.1 Å². The van der Waals surface area contributed by atoms with E-state index in [9.17, 15) is 10.1 Å². The molecule has 1 atom stereocenters. The number of methoxy groups -OCH3 is 1. The number of ether oxygens (including phenoxy) is 1. The lowest BCUT2D eigenvalue weighted by Crippen LogP contribution is -2.32. The van der Waals surface area contributed by atoms with Crippen LogP contribution in [0.5, 0.6) is 0 Å². The van der Waals surface area contributed by atoms with Crippen molar-refractivity contribution in [1.82, 2.24) is 10.3 Å². The third kappa shape index (κ3) is 2.89. The highest BCUT2D eigenvalue weighted by Crippen LogP contribution is 2.31. The molecule has 7 heteroatoms. The van der Waals surface area contributed by atoms with Crippen LogP contribution in [0.15, 0.2) is 17.6 Å². The normalized spacial score (nSPS) is 12.7. The number of aromatic nitrogens is 1. The molecule has 1 heterocycles. The van der Waals surface area contributed by atoms with E-state index in [2.05, 4.69) is 10.3 Å². The third-order valence-electron chi connectivity index (χ3n) is 2.98. The summed E-state index contributed by atoms with van der Waals surface area (Å²) in [5, 5.41) is 14.4. The van der Waals surface area contributed by atoms with Gasteiger partial charge in [0, 0.05) is 18.7 Å². The van der Waals surface area contributed by atoms with E-state index >= 15 is 0 Å². The summed E-state index contributed by atoms with van der Waals surface area (Å²) in [6.07, 6.45) is 0.536. The van der Waals surface area contributed by atoms with Crippen molar-refractivity contribution in [2.24, 2.45) is 0 Å². The molecule has 102 valence electrons. The van der Waals surface area contributed by atoms with Crippen LogP contribution in [-0.4, -0.2) is 36.7 Å². The number of hydrogen-bond donors (Lipinski definition) is 1. The summed E-state index contributed by atoms with van der Waals surface area (Å²) in [6.45, 7) is 0.503. The number of likely N-dealkylation sites (N-methyl/N-ethyl adjacent to an activating group) is 1. The first kappa shape index (κ1) is 13.9. The number of benzene rings is 1. The van der Waals surface area contributed by atoms with Gasteiger partial charge in [-0.1, -0.05) is 6.07 Å². The SMILES string of the molecule is CNC(COC)Cc1ccc2scnc2c1[N+](=O)[O-]. The summed E-state index contributed by atoms with van der Waals surface area (Å²) in [5.41, 5.74) is 2.89. The van der Waals surface area contributed by atoms with Gasteiger partial charge < -0.3 is 10.1 Å². The van der Waals surface area contributed by atoms with Crippen molar-refractivity contribution in [2.75, 3.05) is 20.8 Å². The predicted octanol–water partition coefficient (Wildman–Crippen LogP) is 1.98. The summed E-state index contributed by atoms with van der Waals surface area (Å²) in [5.74, 6) is 0. The lowest BCUT2D eigenvalue weighted by atomic mass is 10.0. The van der Waals surface area contributed by atoms with E-state index in [4.69, 9.17) is 4.74 Å². The van der Waals surface area contributed by atoms with E-state index in [1.165, 1.54) is 11.3 Å². The van der Waals surface area contributed by atoms with Crippen molar-refractivity contribution >= 4 is 27.2 Å². The number of hydrogen-bond acceptors (Lipinski definition) is 6. The molecular weight excluding hydrogens is 266 g/mol. The smallest absolute Gasteiger partial charge is 0.299 e. The first-order valence-corrected chi connectivity index (χ1v) is 6.71. The Labute approximate surface area is 114 Å². The fourth-order valence-corrected chi connectivity index (χ4v) is 2.72. The van der Waals surface area contributed by atoms with Crippen LogP contribution in [0, 0.1) is 10.1 Å². The second-order valence-electron chi connectivity index (χ2n) is 4.17. The van der Waals surface area contributed by atoms with Crippen LogP contribution < -0.4 is 5.32 Å². The summed E-state index contributed by atoms with van der Waals surface area (Å²) < 4.78 is 5.93. The van der Waals surface area contributed by atoms with Gasteiger partial charge in [0.25, 0.3) is 5.69 Å². The molecule has 1 N–H and O–H groups in total. The Hall–Kier alpha value is -1.57. The summed E-state index contributed by atoms with van der Waals surface area (Å²) >= 11 is 1.41. The average molecular weight is 281 g/mol. The van der Waals surface area contributed by atoms with Crippen molar-refractivity contribution in [1.29, 1.82) is 0 Å².